The van der Waals surface area contributed by atoms with Gasteiger partial charge in [0.15, 0.2) is 5.83 Å². The number of rotatable bonds is 4. The Hall–Kier alpha value is -2.54. The van der Waals surface area contributed by atoms with E-state index in [0.29, 0.717) is 16.4 Å². The Kier molecular flexibility index (Phi) is 4.67. The number of nitrogens with zero attached hydrogens (tertiary/aromatic N) is 3. The van der Waals surface area contributed by atoms with E-state index in [0.717, 1.165) is 5.56 Å². The molecule has 0 atom stereocenters. The first-order valence-electron chi connectivity index (χ1n) is 7.42. The van der Waals surface area contributed by atoms with Crippen molar-refractivity contribution in [3.05, 3.63) is 69.5 Å². The van der Waals surface area contributed by atoms with E-state index in [1.54, 1.807) is 37.4 Å². The molecule has 8 heteroatoms. The fourth-order valence-corrected chi connectivity index (χ4v) is 2.67. The van der Waals surface area contributed by atoms with E-state index in [9.17, 15) is 18.0 Å². The quantitative estimate of drug-likeness (QED) is 0.676. The number of allylic oxidation sites excluding steroid dienone is 1. The van der Waals surface area contributed by atoms with Crippen molar-refractivity contribution in [2.75, 3.05) is 0 Å². The molecule has 0 N–H and O–H groups in total. The first kappa shape index (κ1) is 17.3. The molecule has 0 saturated carbocycles. The second-order valence-corrected chi connectivity index (χ2v) is 5.93. The van der Waals surface area contributed by atoms with Gasteiger partial charge in [-0.05, 0) is 19.1 Å². The summed E-state index contributed by atoms with van der Waals surface area (Å²) in [6.45, 7) is 1.58. The number of imidazole rings is 1. The van der Waals surface area contributed by atoms with Gasteiger partial charge in [-0.2, -0.15) is 8.78 Å². The average molecular weight is 368 g/mol. The fourth-order valence-electron chi connectivity index (χ4n) is 2.55. The molecule has 0 bridgehead atoms. The molecule has 0 aliphatic rings. The maximum atomic E-state index is 13.1. The Balaban J connectivity index is 2.09. The molecule has 130 valence electrons. The molecule has 3 aromatic rings. The van der Waals surface area contributed by atoms with E-state index in [4.69, 9.17) is 11.6 Å². The second kappa shape index (κ2) is 6.76. The van der Waals surface area contributed by atoms with Crippen LogP contribution < -0.4 is 5.56 Å². The van der Waals surface area contributed by atoms with Crippen LogP contribution in [0, 0.1) is 6.92 Å². The Morgan fingerprint density at radius 2 is 1.88 bits per heavy atom. The lowest BCUT2D eigenvalue weighted by Gasteiger charge is -2.10. The van der Waals surface area contributed by atoms with Crippen molar-refractivity contribution in [3.63, 3.8) is 0 Å². The van der Waals surface area contributed by atoms with Gasteiger partial charge in [-0.1, -0.05) is 23.7 Å². The van der Waals surface area contributed by atoms with Crippen LogP contribution in [0.5, 0.6) is 0 Å². The molecule has 0 spiro atoms. The Labute approximate surface area is 145 Å². The van der Waals surface area contributed by atoms with E-state index >= 15 is 0 Å². The third-order valence-electron chi connectivity index (χ3n) is 3.82. The van der Waals surface area contributed by atoms with Crippen LogP contribution in [0.4, 0.5) is 13.2 Å². The van der Waals surface area contributed by atoms with E-state index in [-0.39, 0.29) is 17.9 Å². The topological polar surface area (TPSA) is 39.3 Å². The van der Waals surface area contributed by atoms with Crippen molar-refractivity contribution in [1.29, 1.82) is 0 Å². The average Bonchev–Trinajstić information content (AvgIpc) is 3.00. The van der Waals surface area contributed by atoms with E-state index in [1.807, 2.05) is 0 Å². The van der Waals surface area contributed by atoms with E-state index < -0.39 is 18.3 Å². The Morgan fingerprint density at radius 1 is 1.20 bits per heavy atom. The molecule has 2 aromatic heterocycles. The molecular weight excluding hydrogens is 355 g/mol. The number of hydrogen-bond donors (Lipinski definition) is 0. The van der Waals surface area contributed by atoms with Gasteiger partial charge in [-0.15, -0.1) is 0 Å². The third-order valence-corrected chi connectivity index (χ3v) is 4.08. The molecule has 0 saturated heterocycles. The highest BCUT2D eigenvalue weighted by molar-refractivity contribution is 6.30. The highest BCUT2D eigenvalue weighted by Gasteiger charge is 2.13. The maximum Gasteiger partial charge on any atom is 0.301 e. The summed E-state index contributed by atoms with van der Waals surface area (Å²) in [5, 5.41) is 0.568. The van der Waals surface area contributed by atoms with E-state index in [2.05, 4.69) is 4.98 Å². The molecule has 0 aliphatic carbocycles. The zero-order valence-electron chi connectivity index (χ0n) is 13.1. The molecule has 0 aliphatic heterocycles. The minimum Gasteiger partial charge on any atom is -0.315 e. The van der Waals surface area contributed by atoms with Crippen molar-refractivity contribution in [2.45, 2.75) is 19.9 Å². The van der Waals surface area contributed by atoms with Crippen LogP contribution in [-0.2, 0) is 6.54 Å². The van der Waals surface area contributed by atoms with Gasteiger partial charge >= 0.3 is 6.08 Å². The molecule has 4 nitrogen and oxygen atoms in total. The SMILES string of the molecule is Cc1cc(=O)n2cc(-c3ccc(Cl)cc3)nc2n1CCC(F)=C(F)F. The summed E-state index contributed by atoms with van der Waals surface area (Å²) in [5.74, 6) is -1.21. The van der Waals surface area contributed by atoms with Crippen molar-refractivity contribution in [3.8, 4) is 11.3 Å². The van der Waals surface area contributed by atoms with Crippen molar-refractivity contribution in [1.82, 2.24) is 14.0 Å². The first-order chi connectivity index (χ1) is 11.9. The lowest BCUT2D eigenvalue weighted by molar-refractivity contribution is 0.365. The number of hydrogen-bond acceptors (Lipinski definition) is 2. The maximum absolute atomic E-state index is 13.1. The lowest BCUT2D eigenvalue weighted by Crippen LogP contribution is -2.19. The summed E-state index contributed by atoms with van der Waals surface area (Å²) in [7, 11) is 0. The van der Waals surface area contributed by atoms with Crippen LogP contribution in [0.2, 0.25) is 5.02 Å². The van der Waals surface area contributed by atoms with Gasteiger partial charge in [0.1, 0.15) is 0 Å². The summed E-state index contributed by atoms with van der Waals surface area (Å²) in [6.07, 6.45) is -1.26. The summed E-state index contributed by atoms with van der Waals surface area (Å²) in [4.78, 5) is 16.6. The second-order valence-electron chi connectivity index (χ2n) is 5.49. The number of fused-ring (bicyclic) bond motifs is 1. The number of benzene rings is 1. The Bertz CT molecular complexity index is 1020. The zero-order chi connectivity index (χ0) is 18.1. The fraction of sp³-hybridized carbons (Fsp3) is 0.176. The molecule has 1 aromatic carbocycles. The molecule has 3 rings (SSSR count). The zero-order valence-corrected chi connectivity index (χ0v) is 13.9. The van der Waals surface area contributed by atoms with Crippen LogP contribution in [0.15, 0.2) is 53.2 Å². The van der Waals surface area contributed by atoms with Gasteiger partial charge in [0.25, 0.3) is 5.56 Å². The Morgan fingerprint density at radius 3 is 2.52 bits per heavy atom. The van der Waals surface area contributed by atoms with Crippen molar-refractivity contribution in [2.24, 2.45) is 0 Å². The minimum absolute atomic E-state index is 0.0597. The summed E-state index contributed by atoms with van der Waals surface area (Å²) in [6, 6.07) is 8.26. The third kappa shape index (κ3) is 3.46. The largest absolute Gasteiger partial charge is 0.315 e. The smallest absolute Gasteiger partial charge is 0.301 e. The monoisotopic (exact) mass is 367 g/mol. The highest BCUT2D eigenvalue weighted by atomic mass is 35.5. The molecular formula is C17H13ClF3N3O. The normalized spacial score (nSPS) is 11.1. The number of halogens is 4. The van der Waals surface area contributed by atoms with Gasteiger partial charge in [-0.3, -0.25) is 9.20 Å². The van der Waals surface area contributed by atoms with Gasteiger partial charge in [0.2, 0.25) is 5.78 Å². The molecule has 25 heavy (non-hydrogen) atoms. The highest BCUT2D eigenvalue weighted by Crippen LogP contribution is 2.22. The molecule has 0 amide bonds. The molecule has 0 fully saturated rings. The molecule has 0 radical (unpaired) electrons. The minimum atomic E-state index is -2.33. The summed E-state index contributed by atoms with van der Waals surface area (Å²) in [5.41, 5.74) is 1.49. The van der Waals surface area contributed by atoms with Gasteiger partial charge in [0.05, 0.1) is 5.69 Å². The van der Waals surface area contributed by atoms with E-state index in [1.165, 1.54) is 15.0 Å². The van der Waals surface area contributed by atoms with Gasteiger partial charge in [0, 0.05) is 41.5 Å². The first-order valence-corrected chi connectivity index (χ1v) is 7.80. The van der Waals surface area contributed by atoms with Crippen LogP contribution in [0.3, 0.4) is 0 Å². The summed E-state index contributed by atoms with van der Waals surface area (Å²) < 4.78 is 40.5. The number of aryl methyl sites for hydroxylation is 2. The van der Waals surface area contributed by atoms with Crippen LogP contribution in [0.25, 0.3) is 17.0 Å². The van der Waals surface area contributed by atoms with Crippen molar-refractivity contribution >= 4 is 17.4 Å². The van der Waals surface area contributed by atoms with Gasteiger partial charge < -0.3 is 4.57 Å². The van der Waals surface area contributed by atoms with Crippen LogP contribution >= 0.6 is 11.6 Å². The number of aromatic nitrogens is 3. The predicted molar refractivity (Wildman–Crippen MR) is 89.6 cm³/mol. The standard InChI is InChI=1S/C17H13ClF3N3O/c1-10-8-15(25)24-9-14(11-2-4-12(18)5-3-11)22-17(24)23(10)7-6-13(19)16(20)21/h2-5,8-9H,6-7H2,1H3. The van der Waals surface area contributed by atoms with Crippen molar-refractivity contribution < 1.29 is 13.2 Å². The van der Waals surface area contributed by atoms with Crippen LogP contribution in [0.1, 0.15) is 12.1 Å². The molecule has 2 heterocycles. The van der Waals surface area contributed by atoms with Crippen LogP contribution in [-0.4, -0.2) is 14.0 Å². The summed E-state index contributed by atoms with van der Waals surface area (Å²) >= 11 is 5.86. The predicted octanol–water partition coefficient (Wildman–Crippen LogP) is 4.59. The lowest BCUT2D eigenvalue weighted by atomic mass is 10.2. The molecule has 0 unspecified atom stereocenters. The van der Waals surface area contributed by atoms with Gasteiger partial charge in [-0.25, -0.2) is 9.37 Å².